The standard InChI is InChI=1S/C24H20FN5O3S/c25-18-4-1-15(2-5-18)20-21(16-3-6-19-17(9-16)10-34(31,32)28-19)30-8-7-26-22(23(30)27-20)29-11-24(12-29)13-33-14-24/h1-9,28H,10-14H2. The van der Waals surface area contributed by atoms with Gasteiger partial charge in [0.05, 0.1) is 41.5 Å². The van der Waals surface area contributed by atoms with Crippen LogP contribution in [0, 0.1) is 11.2 Å². The first-order valence-corrected chi connectivity index (χ1v) is 12.6. The van der Waals surface area contributed by atoms with Gasteiger partial charge in [-0.25, -0.2) is 22.8 Å². The molecule has 3 aliphatic rings. The first kappa shape index (κ1) is 19.9. The van der Waals surface area contributed by atoms with Crippen molar-refractivity contribution in [3.63, 3.8) is 0 Å². The highest BCUT2D eigenvalue weighted by atomic mass is 32.2. The van der Waals surface area contributed by atoms with E-state index in [1.807, 2.05) is 22.7 Å². The number of sulfonamides is 1. The van der Waals surface area contributed by atoms with Gasteiger partial charge in [-0.1, -0.05) is 6.07 Å². The average Bonchev–Trinajstić information content (AvgIpc) is 3.28. The molecular weight excluding hydrogens is 457 g/mol. The first-order valence-electron chi connectivity index (χ1n) is 11.0. The maximum Gasteiger partial charge on any atom is 0.237 e. The van der Waals surface area contributed by atoms with Crippen LogP contribution in [0.1, 0.15) is 5.56 Å². The minimum absolute atomic E-state index is 0.0659. The van der Waals surface area contributed by atoms with E-state index in [0.29, 0.717) is 22.6 Å². The van der Waals surface area contributed by atoms with Gasteiger partial charge in [-0.05, 0) is 42.0 Å². The lowest BCUT2D eigenvalue weighted by Gasteiger charge is -2.55. The number of nitrogens with zero attached hydrogens (tertiary/aromatic N) is 4. The fourth-order valence-electron chi connectivity index (χ4n) is 5.13. The highest BCUT2D eigenvalue weighted by molar-refractivity contribution is 7.92. The van der Waals surface area contributed by atoms with Crippen LogP contribution < -0.4 is 9.62 Å². The van der Waals surface area contributed by atoms with E-state index >= 15 is 0 Å². The lowest BCUT2D eigenvalue weighted by Crippen LogP contribution is -2.66. The van der Waals surface area contributed by atoms with Crippen LogP contribution in [-0.2, 0) is 20.5 Å². The van der Waals surface area contributed by atoms with Crippen LogP contribution in [-0.4, -0.2) is 49.1 Å². The van der Waals surface area contributed by atoms with Crippen molar-refractivity contribution in [1.29, 1.82) is 0 Å². The molecule has 1 N–H and O–H groups in total. The van der Waals surface area contributed by atoms with Gasteiger partial charge in [-0.15, -0.1) is 0 Å². The summed E-state index contributed by atoms with van der Waals surface area (Å²) in [5, 5.41) is 0. The zero-order chi connectivity index (χ0) is 23.1. The van der Waals surface area contributed by atoms with Gasteiger partial charge in [-0.3, -0.25) is 9.12 Å². The Morgan fingerprint density at radius 2 is 1.82 bits per heavy atom. The van der Waals surface area contributed by atoms with E-state index in [1.165, 1.54) is 12.1 Å². The number of benzene rings is 2. The van der Waals surface area contributed by atoms with Crippen LogP contribution >= 0.6 is 0 Å². The van der Waals surface area contributed by atoms with Gasteiger partial charge in [0.2, 0.25) is 10.0 Å². The molecule has 0 aliphatic carbocycles. The summed E-state index contributed by atoms with van der Waals surface area (Å²) in [6, 6.07) is 11.8. The lowest BCUT2D eigenvalue weighted by molar-refractivity contribution is -0.127. The van der Waals surface area contributed by atoms with E-state index in [9.17, 15) is 12.8 Å². The number of ether oxygens (including phenoxy) is 1. The molecule has 34 heavy (non-hydrogen) atoms. The average molecular weight is 478 g/mol. The number of fused-ring (bicyclic) bond motifs is 2. The minimum atomic E-state index is -3.36. The van der Waals surface area contributed by atoms with Crippen LogP contribution in [0.15, 0.2) is 54.9 Å². The van der Waals surface area contributed by atoms with Crippen LogP contribution in [0.25, 0.3) is 28.2 Å². The number of nitrogens with one attached hydrogen (secondary N) is 1. The second kappa shape index (κ2) is 6.77. The van der Waals surface area contributed by atoms with Crippen molar-refractivity contribution < 1.29 is 17.5 Å². The Labute approximate surface area is 195 Å². The third-order valence-electron chi connectivity index (χ3n) is 6.80. The molecule has 7 rings (SSSR count). The number of halogens is 1. The maximum absolute atomic E-state index is 13.7. The quantitative estimate of drug-likeness (QED) is 0.487. The summed E-state index contributed by atoms with van der Waals surface area (Å²) < 4.78 is 47.8. The molecule has 0 radical (unpaired) electrons. The van der Waals surface area contributed by atoms with Crippen molar-refractivity contribution in [2.24, 2.45) is 5.41 Å². The molecule has 0 unspecified atom stereocenters. The van der Waals surface area contributed by atoms with Gasteiger partial charge in [-0.2, -0.15) is 0 Å². The molecule has 2 aromatic carbocycles. The van der Waals surface area contributed by atoms with E-state index in [1.54, 1.807) is 24.4 Å². The molecule has 2 aromatic heterocycles. The third kappa shape index (κ3) is 2.95. The van der Waals surface area contributed by atoms with Gasteiger partial charge in [0.25, 0.3) is 0 Å². The second-order valence-corrected chi connectivity index (χ2v) is 11.1. The smallest absolute Gasteiger partial charge is 0.237 e. The summed E-state index contributed by atoms with van der Waals surface area (Å²) in [6.07, 6.45) is 3.61. The van der Waals surface area contributed by atoms with Gasteiger partial charge in [0.1, 0.15) is 5.82 Å². The summed E-state index contributed by atoms with van der Waals surface area (Å²) in [4.78, 5) is 11.8. The SMILES string of the molecule is O=S1(=O)Cc2cc(-c3c(-c4ccc(F)cc4)nc4c(N5CC6(COC6)C5)nccn34)ccc2N1. The Bertz CT molecular complexity index is 1570. The summed E-state index contributed by atoms with van der Waals surface area (Å²) in [6.45, 7) is 3.30. The topological polar surface area (TPSA) is 88.8 Å². The molecule has 0 atom stereocenters. The summed E-state index contributed by atoms with van der Waals surface area (Å²) in [5.41, 5.74) is 5.32. The van der Waals surface area contributed by atoms with Crippen LogP contribution in [0.3, 0.4) is 0 Å². The minimum Gasteiger partial charge on any atom is -0.380 e. The molecule has 8 nitrogen and oxygen atoms in total. The molecule has 5 heterocycles. The molecule has 1 spiro atoms. The Morgan fingerprint density at radius 1 is 1.06 bits per heavy atom. The van der Waals surface area contributed by atoms with Gasteiger partial charge in [0, 0.05) is 36.6 Å². The fourth-order valence-corrected chi connectivity index (χ4v) is 6.38. The zero-order valence-electron chi connectivity index (χ0n) is 18.0. The number of hydrogen-bond donors (Lipinski definition) is 1. The third-order valence-corrected chi connectivity index (χ3v) is 8.02. The van der Waals surface area contributed by atoms with E-state index in [2.05, 4.69) is 14.6 Å². The highest BCUT2D eigenvalue weighted by Crippen LogP contribution is 2.42. The molecular formula is C24H20FN5O3S. The molecule has 3 aliphatic heterocycles. The van der Waals surface area contributed by atoms with Crippen molar-refractivity contribution in [3.05, 3.63) is 66.2 Å². The van der Waals surface area contributed by atoms with E-state index in [-0.39, 0.29) is 17.0 Å². The fraction of sp³-hybridized carbons (Fsp3) is 0.250. The Hall–Kier alpha value is -3.50. The van der Waals surface area contributed by atoms with Crippen molar-refractivity contribution in [2.45, 2.75) is 5.75 Å². The van der Waals surface area contributed by atoms with Crippen molar-refractivity contribution >= 4 is 27.2 Å². The van der Waals surface area contributed by atoms with E-state index < -0.39 is 10.0 Å². The molecule has 2 fully saturated rings. The zero-order valence-corrected chi connectivity index (χ0v) is 18.8. The molecule has 0 bridgehead atoms. The Morgan fingerprint density at radius 3 is 2.56 bits per heavy atom. The number of hydrogen-bond acceptors (Lipinski definition) is 6. The van der Waals surface area contributed by atoms with Crippen molar-refractivity contribution in [2.75, 3.05) is 35.9 Å². The highest BCUT2D eigenvalue weighted by Gasteiger charge is 2.50. The lowest BCUT2D eigenvalue weighted by atomic mass is 9.78. The van der Waals surface area contributed by atoms with Crippen LogP contribution in [0.4, 0.5) is 15.9 Å². The van der Waals surface area contributed by atoms with E-state index in [4.69, 9.17) is 9.72 Å². The number of imidazole rings is 1. The number of anilines is 2. The normalized spacial score (nSPS) is 19.5. The molecule has 4 aromatic rings. The van der Waals surface area contributed by atoms with E-state index in [0.717, 1.165) is 48.9 Å². The van der Waals surface area contributed by atoms with Crippen LogP contribution in [0.2, 0.25) is 0 Å². The van der Waals surface area contributed by atoms with Gasteiger partial charge < -0.3 is 9.64 Å². The summed E-state index contributed by atoms with van der Waals surface area (Å²) in [7, 11) is -3.36. The Kier molecular flexibility index (Phi) is 3.97. The first-order chi connectivity index (χ1) is 16.4. The number of aromatic nitrogens is 3. The molecule has 2 saturated heterocycles. The largest absolute Gasteiger partial charge is 0.380 e. The Balaban J connectivity index is 1.41. The van der Waals surface area contributed by atoms with Crippen molar-refractivity contribution in [1.82, 2.24) is 14.4 Å². The van der Waals surface area contributed by atoms with Crippen molar-refractivity contribution in [3.8, 4) is 22.5 Å². The summed E-state index contributed by atoms with van der Waals surface area (Å²) >= 11 is 0. The monoisotopic (exact) mass is 477 g/mol. The molecule has 0 saturated carbocycles. The maximum atomic E-state index is 13.7. The molecule has 0 amide bonds. The molecule has 10 heteroatoms. The van der Waals surface area contributed by atoms with Crippen LogP contribution in [0.5, 0.6) is 0 Å². The number of rotatable bonds is 3. The summed E-state index contributed by atoms with van der Waals surface area (Å²) in [5.74, 6) is 0.405. The molecule has 172 valence electrons. The van der Waals surface area contributed by atoms with Gasteiger partial charge >= 0.3 is 0 Å². The predicted octanol–water partition coefficient (Wildman–Crippen LogP) is 3.29. The second-order valence-electron chi connectivity index (χ2n) is 9.34. The predicted molar refractivity (Wildman–Crippen MR) is 126 cm³/mol. The van der Waals surface area contributed by atoms with Gasteiger partial charge in [0.15, 0.2) is 11.5 Å².